The lowest BCUT2D eigenvalue weighted by Gasteiger charge is -2.18. The molecule has 1 N–H and O–H groups in total. The number of amides is 1. The molecular weight excluding hydrogens is 294 g/mol. The molecule has 1 aromatic heterocycles. The minimum atomic E-state index is -0.158. The number of nitrogens with one attached hydrogen (secondary N) is 1. The quantitative estimate of drug-likeness (QED) is 0.798. The van der Waals surface area contributed by atoms with Crippen molar-refractivity contribution in [2.24, 2.45) is 7.05 Å². The van der Waals surface area contributed by atoms with Crippen molar-refractivity contribution in [3.05, 3.63) is 48.3 Å². The van der Waals surface area contributed by atoms with Crippen LogP contribution in [0.25, 0.3) is 0 Å². The first-order valence-electron chi connectivity index (χ1n) is 7.58. The Labute approximate surface area is 136 Å². The number of aryl methyl sites for hydroxylation is 1. The van der Waals surface area contributed by atoms with Crippen LogP contribution in [0.15, 0.2) is 47.9 Å². The summed E-state index contributed by atoms with van der Waals surface area (Å²) in [6.45, 7) is 4.73. The highest BCUT2D eigenvalue weighted by atomic mass is 32.2. The molecule has 5 heteroatoms. The van der Waals surface area contributed by atoms with Gasteiger partial charge in [0.2, 0.25) is 5.91 Å². The Hall–Kier alpha value is -1.75. The van der Waals surface area contributed by atoms with E-state index in [-0.39, 0.29) is 11.2 Å². The Balaban J connectivity index is 1.87. The zero-order valence-electron chi connectivity index (χ0n) is 13.3. The third-order valence-corrected chi connectivity index (χ3v) is 4.89. The second-order valence-corrected chi connectivity index (χ2v) is 6.65. The van der Waals surface area contributed by atoms with Crippen molar-refractivity contribution < 1.29 is 4.79 Å². The first-order chi connectivity index (χ1) is 10.6. The fraction of sp³-hybridized carbons (Fsp3) is 0.412. The molecule has 1 aromatic carbocycles. The molecule has 4 nitrogen and oxygen atoms in total. The minimum absolute atomic E-state index is 0.0578. The van der Waals surface area contributed by atoms with Gasteiger partial charge in [-0.3, -0.25) is 4.79 Å². The van der Waals surface area contributed by atoms with Crippen LogP contribution >= 0.6 is 11.8 Å². The maximum absolute atomic E-state index is 12.3. The molecule has 0 saturated carbocycles. The molecule has 0 spiro atoms. The highest BCUT2D eigenvalue weighted by molar-refractivity contribution is 8.00. The molecule has 2 atom stereocenters. The average Bonchev–Trinajstić information content (AvgIpc) is 2.94. The van der Waals surface area contributed by atoms with Crippen LogP contribution in [0.5, 0.6) is 0 Å². The number of carbonyl (C=O) groups is 1. The number of hydrogen-bond donors (Lipinski definition) is 1. The third kappa shape index (κ3) is 4.37. The summed E-state index contributed by atoms with van der Waals surface area (Å²) < 4.78 is 1.92. The van der Waals surface area contributed by atoms with Crippen molar-refractivity contribution >= 4 is 17.7 Å². The van der Waals surface area contributed by atoms with Gasteiger partial charge in [0.05, 0.1) is 5.25 Å². The van der Waals surface area contributed by atoms with Gasteiger partial charge in [-0.2, -0.15) is 0 Å². The van der Waals surface area contributed by atoms with E-state index in [0.29, 0.717) is 12.5 Å². The van der Waals surface area contributed by atoms with Crippen molar-refractivity contribution in [2.75, 3.05) is 6.54 Å². The minimum Gasteiger partial charge on any atom is -0.355 e. The molecule has 118 valence electrons. The van der Waals surface area contributed by atoms with E-state index >= 15 is 0 Å². The predicted molar refractivity (Wildman–Crippen MR) is 91.0 cm³/mol. The monoisotopic (exact) mass is 317 g/mol. The highest BCUT2D eigenvalue weighted by Gasteiger charge is 2.18. The standard InChI is InChI=1S/C17H23N3OS/c1-4-14(15-8-6-5-7-9-15)12-19-16(21)13(2)22-17-18-10-11-20(17)3/h5-11,13-14H,4,12H2,1-3H3,(H,19,21)/t13-,14-/m1/s1. The topological polar surface area (TPSA) is 46.9 Å². The largest absolute Gasteiger partial charge is 0.355 e. The van der Waals surface area contributed by atoms with Gasteiger partial charge in [0, 0.05) is 31.9 Å². The van der Waals surface area contributed by atoms with Crippen LogP contribution in [-0.4, -0.2) is 27.3 Å². The summed E-state index contributed by atoms with van der Waals surface area (Å²) in [4.78, 5) is 16.5. The lowest BCUT2D eigenvalue weighted by Crippen LogP contribution is -2.34. The van der Waals surface area contributed by atoms with Gasteiger partial charge in [-0.05, 0) is 18.9 Å². The molecule has 22 heavy (non-hydrogen) atoms. The summed E-state index contributed by atoms with van der Waals surface area (Å²) in [5.41, 5.74) is 1.27. The fourth-order valence-corrected chi connectivity index (χ4v) is 3.12. The summed E-state index contributed by atoms with van der Waals surface area (Å²) >= 11 is 1.48. The first kappa shape index (κ1) is 16.6. The van der Waals surface area contributed by atoms with Crippen molar-refractivity contribution in [3.63, 3.8) is 0 Å². The number of nitrogens with zero attached hydrogens (tertiary/aromatic N) is 2. The van der Waals surface area contributed by atoms with Gasteiger partial charge in [0.25, 0.3) is 0 Å². The summed E-state index contributed by atoms with van der Waals surface area (Å²) in [5.74, 6) is 0.415. The summed E-state index contributed by atoms with van der Waals surface area (Å²) in [7, 11) is 1.93. The van der Waals surface area contributed by atoms with Crippen LogP contribution in [0, 0.1) is 0 Å². The number of imidazole rings is 1. The van der Waals surface area contributed by atoms with Crippen LogP contribution in [0.3, 0.4) is 0 Å². The van der Waals surface area contributed by atoms with Crippen LogP contribution in [0.2, 0.25) is 0 Å². The second kappa shape index (κ2) is 8.03. The lowest BCUT2D eigenvalue weighted by atomic mass is 9.96. The summed E-state index contributed by atoms with van der Waals surface area (Å²) in [6.07, 6.45) is 4.64. The van der Waals surface area contributed by atoms with E-state index in [2.05, 4.69) is 29.4 Å². The van der Waals surface area contributed by atoms with Crippen molar-refractivity contribution in [2.45, 2.75) is 36.6 Å². The third-order valence-electron chi connectivity index (χ3n) is 3.71. The van der Waals surface area contributed by atoms with Gasteiger partial charge in [0.15, 0.2) is 5.16 Å². The van der Waals surface area contributed by atoms with Gasteiger partial charge in [-0.25, -0.2) is 4.98 Å². The van der Waals surface area contributed by atoms with E-state index < -0.39 is 0 Å². The smallest absolute Gasteiger partial charge is 0.233 e. The fourth-order valence-electron chi connectivity index (χ4n) is 2.27. The molecule has 0 radical (unpaired) electrons. The van der Waals surface area contributed by atoms with E-state index in [1.165, 1.54) is 17.3 Å². The molecule has 2 aromatic rings. The van der Waals surface area contributed by atoms with Crippen molar-refractivity contribution in [3.8, 4) is 0 Å². The van der Waals surface area contributed by atoms with E-state index in [9.17, 15) is 4.79 Å². The van der Waals surface area contributed by atoms with E-state index in [1.807, 2.05) is 42.9 Å². The molecule has 1 heterocycles. The molecule has 0 bridgehead atoms. The summed E-state index contributed by atoms with van der Waals surface area (Å²) in [6, 6.07) is 10.3. The van der Waals surface area contributed by atoms with Crippen LogP contribution < -0.4 is 5.32 Å². The van der Waals surface area contributed by atoms with Gasteiger partial charge in [0.1, 0.15) is 0 Å². The highest BCUT2D eigenvalue weighted by Crippen LogP contribution is 2.22. The van der Waals surface area contributed by atoms with Crippen LogP contribution in [0.1, 0.15) is 31.7 Å². The molecule has 0 aliphatic heterocycles. The van der Waals surface area contributed by atoms with E-state index in [4.69, 9.17) is 0 Å². The molecule has 0 fully saturated rings. The lowest BCUT2D eigenvalue weighted by molar-refractivity contribution is -0.120. The Morgan fingerprint density at radius 3 is 2.68 bits per heavy atom. The first-order valence-corrected chi connectivity index (χ1v) is 8.46. The number of rotatable bonds is 7. The summed E-state index contributed by atoms with van der Waals surface area (Å²) in [5, 5.41) is 3.77. The van der Waals surface area contributed by atoms with Crippen molar-refractivity contribution in [1.82, 2.24) is 14.9 Å². The Morgan fingerprint density at radius 2 is 2.09 bits per heavy atom. The average molecular weight is 317 g/mol. The molecule has 0 unspecified atom stereocenters. The molecular formula is C17H23N3OS. The maximum atomic E-state index is 12.3. The number of benzene rings is 1. The van der Waals surface area contributed by atoms with Crippen LogP contribution in [-0.2, 0) is 11.8 Å². The Kier molecular flexibility index (Phi) is 6.07. The van der Waals surface area contributed by atoms with Crippen molar-refractivity contribution in [1.29, 1.82) is 0 Å². The molecule has 2 rings (SSSR count). The SMILES string of the molecule is CC[C@H](CNC(=O)[C@@H](C)Sc1nccn1C)c1ccccc1. The second-order valence-electron chi connectivity index (χ2n) is 5.34. The number of carbonyl (C=O) groups excluding carboxylic acids is 1. The van der Waals surface area contributed by atoms with Crippen LogP contribution in [0.4, 0.5) is 0 Å². The number of hydrogen-bond acceptors (Lipinski definition) is 3. The maximum Gasteiger partial charge on any atom is 0.233 e. The predicted octanol–water partition coefficient (Wildman–Crippen LogP) is 3.21. The molecule has 1 amide bonds. The Morgan fingerprint density at radius 1 is 1.36 bits per heavy atom. The molecule has 0 aliphatic rings. The number of aromatic nitrogens is 2. The number of thioether (sulfide) groups is 1. The normalized spacial score (nSPS) is 13.6. The van der Waals surface area contributed by atoms with Gasteiger partial charge in [-0.15, -0.1) is 0 Å². The Bertz CT molecular complexity index is 597. The van der Waals surface area contributed by atoms with E-state index in [1.54, 1.807) is 6.20 Å². The molecule has 0 saturated heterocycles. The van der Waals surface area contributed by atoms with Gasteiger partial charge < -0.3 is 9.88 Å². The molecule has 0 aliphatic carbocycles. The van der Waals surface area contributed by atoms with Gasteiger partial charge in [-0.1, -0.05) is 49.0 Å². The van der Waals surface area contributed by atoms with E-state index in [0.717, 1.165) is 11.6 Å². The zero-order valence-corrected chi connectivity index (χ0v) is 14.1. The zero-order chi connectivity index (χ0) is 15.9. The van der Waals surface area contributed by atoms with Gasteiger partial charge >= 0.3 is 0 Å².